The smallest absolute Gasteiger partial charge is 0.0825 e. The molecule has 1 heterocycles. The first-order chi connectivity index (χ1) is 9.34. The van der Waals surface area contributed by atoms with Crippen LogP contribution in [0.3, 0.4) is 0 Å². The first-order valence-electron chi connectivity index (χ1n) is 7.10. The molecular weight excluding hydrogens is 232 g/mol. The summed E-state index contributed by atoms with van der Waals surface area (Å²) in [6.07, 6.45) is 5.37. The van der Waals surface area contributed by atoms with E-state index in [2.05, 4.69) is 54.5 Å². The minimum atomic E-state index is 1.07. The van der Waals surface area contributed by atoms with Crippen molar-refractivity contribution in [1.29, 1.82) is 0 Å². The van der Waals surface area contributed by atoms with E-state index in [9.17, 15) is 0 Å². The first kappa shape index (κ1) is 13.8. The highest BCUT2D eigenvalue weighted by molar-refractivity contribution is 5.14. The number of pyridine rings is 1. The van der Waals surface area contributed by atoms with Gasteiger partial charge in [-0.2, -0.15) is 0 Å². The Labute approximate surface area is 116 Å². The molecule has 0 bridgehead atoms. The lowest BCUT2D eigenvalue weighted by atomic mass is 10.1. The third-order valence-electron chi connectivity index (χ3n) is 3.45. The Bertz CT molecular complexity index is 453. The summed E-state index contributed by atoms with van der Waals surface area (Å²) in [6, 6.07) is 16.9. The molecular formula is C17H23N2+. The zero-order valence-corrected chi connectivity index (χ0v) is 11.7. The fourth-order valence-corrected chi connectivity index (χ4v) is 2.25. The summed E-state index contributed by atoms with van der Waals surface area (Å²) in [4.78, 5) is 5.95. The molecule has 1 aromatic heterocycles. The molecule has 0 fully saturated rings. The molecule has 0 aliphatic heterocycles. The van der Waals surface area contributed by atoms with E-state index in [0.29, 0.717) is 0 Å². The number of aromatic nitrogens is 1. The summed E-state index contributed by atoms with van der Waals surface area (Å²) >= 11 is 0. The van der Waals surface area contributed by atoms with Gasteiger partial charge in [-0.15, -0.1) is 0 Å². The van der Waals surface area contributed by atoms with Gasteiger partial charge in [-0.1, -0.05) is 36.4 Å². The number of benzene rings is 1. The van der Waals surface area contributed by atoms with Crippen molar-refractivity contribution in [2.24, 2.45) is 0 Å². The van der Waals surface area contributed by atoms with Gasteiger partial charge in [-0.3, -0.25) is 4.98 Å². The average molecular weight is 255 g/mol. The quantitative estimate of drug-likeness (QED) is 0.798. The molecule has 1 aromatic carbocycles. The van der Waals surface area contributed by atoms with Crippen molar-refractivity contribution in [1.82, 2.24) is 4.98 Å². The molecule has 0 radical (unpaired) electrons. The Morgan fingerprint density at radius 1 is 0.895 bits per heavy atom. The Kier molecular flexibility index (Phi) is 5.57. The van der Waals surface area contributed by atoms with Crippen LogP contribution in [0.4, 0.5) is 0 Å². The van der Waals surface area contributed by atoms with E-state index in [-0.39, 0.29) is 0 Å². The number of aryl methyl sites for hydroxylation is 1. The topological polar surface area (TPSA) is 17.3 Å². The van der Waals surface area contributed by atoms with Gasteiger partial charge >= 0.3 is 0 Å². The molecule has 0 saturated carbocycles. The second-order valence-electron chi connectivity index (χ2n) is 5.12. The Hall–Kier alpha value is -1.67. The van der Waals surface area contributed by atoms with Crippen LogP contribution >= 0.6 is 0 Å². The highest BCUT2D eigenvalue weighted by Crippen LogP contribution is 2.00. The van der Waals surface area contributed by atoms with Crippen LogP contribution in [0.15, 0.2) is 54.7 Å². The van der Waals surface area contributed by atoms with Crippen molar-refractivity contribution in [3.8, 4) is 0 Å². The third kappa shape index (κ3) is 5.23. The minimum absolute atomic E-state index is 1.07. The first-order valence-corrected chi connectivity index (χ1v) is 7.10. The molecule has 0 saturated heterocycles. The lowest BCUT2D eigenvalue weighted by molar-refractivity contribution is -0.879. The number of rotatable bonds is 7. The number of hydrogen-bond donors (Lipinski definition) is 1. The number of nitrogens with zero attached hydrogens (tertiary/aromatic N) is 1. The van der Waals surface area contributed by atoms with Crippen LogP contribution in [-0.2, 0) is 12.8 Å². The molecule has 0 amide bonds. The van der Waals surface area contributed by atoms with Gasteiger partial charge in [-0.25, -0.2) is 0 Å². The highest BCUT2D eigenvalue weighted by atomic mass is 15.1. The zero-order valence-electron chi connectivity index (χ0n) is 11.7. The van der Waals surface area contributed by atoms with Crippen LogP contribution in [0.1, 0.15) is 17.7 Å². The van der Waals surface area contributed by atoms with Crippen LogP contribution < -0.4 is 4.90 Å². The maximum Gasteiger partial charge on any atom is 0.0825 e. The monoisotopic (exact) mass is 255 g/mol. The summed E-state index contributed by atoms with van der Waals surface area (Å²) in [5.74, 6) is 0. The van der Waals surface area contributed by atoms with E-state index < -0.39 is 0 Å². The fourth-order valence-electron chi connectivity index (χ4n) is 2.25. The molecule has 0 aliphatic carbocycles. The largest absolute Gasteiger partial charge is 0.337 e. The molecule has 2 heteroatoms. The molecule has 1 unspecified atom stereocenters. The van der Waals surface area contributed by atoms with E-state index in [4.69, 9.17) is 0 Å². The van der Waals surface area contributed by atoms with E-state index >= 15 is 0 Å². The van der Waals surface area contributed by atoms with Crippen molar-refractivity contribution in [3.05, 3.63) is 66.0 Å². The van der Waals surface area contributed by atoms with Gasteiger partial charge in [0.15, 0.2) is 0 Å². The maximum atomic E-state index is 4.37. The van der Waals surface area contributed by atoms with Crippen LogP contribution in [0.2, 0.25) is 0 Å². The molecule has 2 rings (SSSR count). The van der Waals surface area contributed by atoms with E-state index in [1.54, 1.807) is 4.90 Å². The van der Waals surface area contributed by atoms with E-state index in [1.807, 2.05) is 12.3 Å². The summed E-state index contributed by atoms with van der Waals surface area (Å²) in [6.45, 7) is 2.38. The lowest BCUT2D eigenvalue weighted by Crippen LogP contribution is -3.09. The molecule has 2 aromatic rings. The predicted molar refractivity (Wildman–Crippen MR) is 79.3 cm³/mol. The molecule has 19 heavy (non-hydrogen) atoms. The standard InChI is InChI=1S/C17H22N2/c1-19(15-12-17-11-5-6-13-18-17)14-7-10-16-8-3-2-4-9-16/h2-6,8-9,11,13H,7,10,12,14-15H2,1H3/p+1. The van der Waals surface area contributed by atoms with Crippen LogP contribution in [0.25, 0.3) is 0 Å². The van der Waals surface area contributed by atoms with Crippen LogP contribution in [0, 0.1) is 0 Å². The number of nitrogens with one attached hydrogen (secondary N) is 1. The Balaban J connectivity index is 1.64. The van der Waals surface area contributed by atoms with Gasteiger partial charge < -0.3 is 4.90 Å². The molecule has 0 aliphatic rings. The van der Waals surface area contributed by atoms with Crippen molar-refractivity contribution < 1.29 is 4.90 Å². The van der Waals surface area contributed by atoms with Gasteiger partial charge in [0.05, 0.1) is 20.1 Å². The average Bonchev–Trinajstić information content (AvgIpc) is 2.47. The zero-order chi connectivity index (χ0) is 13.3. The summed E-state index contributed by atoms with van der Waals surface area (Å²) < 4.78 is 0. The molecule has 1 N–H and O–H groups in total. The SMILES string of the molecule is C[NH+](CCCc1ccccc1)CCc1ccccn1. The number of quaternary nitrogens is 1. The summed E-state index contributed by atoms with van der Waals surface area (Å²) in [7, 11) is 2.27. The minimum Gasteiger partial charge on any atom is -0.337 e. The van der Waals surface area contributed by atoms with Crippen LogP contribution in [-0.4, -0.2) is 25.1 Å². The van der Waals surface area contributed by atoms with E-state index in [1.165, 1.54) is 30.6 Å². The summed E-state index contributed by atoms with van der Waals surface area (Å²) in [5, 5.41) is 0. The van der Waals surface area contributed by atoms with Gasteiger partial charge in [0.25, 0.3) is 0 Å². The maximum absolute atomic E-state index is 4.37. The molecule has 2 nitrogen and oxygen atoms in total. The van der Waals surface area contributed by atoms with Crippen molar-refractivity contribution >= 4 is 0 Å². The van der Waals surface area contributed by atoms with Crippen molar-refractivity contribution in [2.75, 3.05) is 20.1 Å². The predicted octanol–water partition coefficient (Wildman–Crippen LogP) is 1.77. The van der Waals surface area contributed by atoms with Crippen molar-refractivity contribution in [2.45, 2.75) is 19.3 Å². The number of likely N-dealkylation sites (N-methyl/N-ethyl adjacent to an activating group) is 1. The van der Waals surface area contributed by atoms with Gasteiger partial charge in [0, 0.05) is 24.7 Å². The molecule has 100 valence electrons. The van der Waals surface area contributed by atoms with Gasteiger partial charge in [0.2, 0.25) is 0 Å². The number of hydrogen-bond acceptors (Lipinski definition) is 1. The van der Waals surface area contributed by atoms with Crippen molar-refractivity contribution in [3.63, 3.8) is 0 Å². The van der Waals surface area contributed by atoms with Gasteiger partial charge in [-0.05, 0) is 24.1 Å². The Morgan fingerprint density at radius 2 is 1.68 bits per heavy atom. The lowest BCUT2D eigenvalue weighted by Gasteiger charge is -2.13. The molecule has 1 atom stereocenters. The third-order valence-corrected chi connectivity index (χ3v) is 3.45. The highest BCUT2D eigenvalue weighted by Gasteiger charge is 2.03. The normalized spacial score (nSPS) is 12.3. The van der Waals surface area contributed by atoms with Gasteiger partial charge in [0.1, 0.15) is 0 Å². The Morgan fingerprint density at radius 3 is 2.42 bits per heavy atom. The summed E-state index contributed by atoms with van der Waals surface area (Å²) in [5.41, 5.74) is 2.64. The van der Waals surface area contributed by atoms with Crippen LogP contribution in [0.5, 0.6) is 0 Å². The molecule has 0 spiro atoms. The van der Waals surface area contributed by atoms with E-state index in [0.717, 1.165) is 13.0 Å². The fraction of sp³-hybridized carbons (Fsp3) is 0.353. The second kappa shape index (κ2) is 7.70. The second-order valence-corrected chi connectivity index (χ2v) is 5.12.